The van der Waals surface area contributed by atoms with Gasteiger partial charge in [0.05, 0.1) is 30.7 Å². The third-order valence-corrected chi connectivity index (χ3v) is 4.10. The molecule has 3 atom stereocenters. The van der Waals surface area contributed by atoms with E-state index >= 15 is 0 Å². The van der Waals surface area contributed by atoms with E-state index in [0.29, 0.717) is 6.61 Å². The summed E-state index contributed by atoms with van der Waals surface area (Å²) in [4.78, 5) is 0. The zero-order valence-corrected chi connectivity index (χ0v) is 12.1. The van der Waals surface area contributed by atoms with E-state index in [0.717, 1.165) is 12.8 Å². The molecular weight excluding hydrogens is 264 g/mol. The van der Waals surface area contributed by atoms with Crippen LogP contribution in [0.15, 0.2) is 0 Å². The monoisotopic (exact) mass is 284 g/mol. The van der Waals surface area contributed by atoms with Crippen LogP contribution in [0, 0.1) is 5.92 Å². The maximum atomic E-state index is 10.9. The fourth-order valence-corrected chi connectivity index (χ4v) is 3.59. The summed E-state index contributed by atoms with van der Waals surface area (Å²) in [6, 6.07) is 0. The van der Waals surface area contributed by atoms with Gasteiger partial charge in [-0.05, 0) is 32.6 Å². The summed E-state index contributed by atoms with van der Waals surface area (Å²) < 4.78 is 33.1. The van der Waals surface area contributed by atoms with E-state index in [4.69, 9.17) is 20.2 Å². The van der Waals surface area contributed by atoms with Gasteiger partial charge < -0.3 is 9.47 Å². The maximum absolute atomic E-state index is 10.9. The van der Waals surface area contributed by atoms with Crippen molar-refractivity contribution in [2.24, 2.45) is 5.92 Å². The Bertz CT molecular complexity index is 320. The highest BCUT2D eigenvalue weighted by Crippen LogP contribution is 2.22. The van der Waals surface area contributed by atoms with Crippen molar-refractivity contribution in [2.45, 2.75) is 51.9 Å². The molecule has 1 rings (SSSR count). The van der Waals surface area contributed by atoms with Gasteiger partial charge in [0.1, 0.15) is 0 Å². The number of hydrogen-bond acceptors (Lipinski definition) is 4. The summed E-state index contributed by atoms with van der Waals surface area (Å²) in [7, 11) is 1.76. The first kappa shape index (κ1) is 15.2. The summed E-state index contributed by atoms with van der Waals surface area (Å²) in [6.45, 7) is 6.31. The predicted molar refractivity (Wildman–Crippen MR) is 67.8 cm³/mol. The summed E-state index contributed by atoms with van der Waals surface area (Å²) in [5.74, 6) is -0.117. The van der Waals surface area contributed by atoms with Crippen LogP contribution < -0.4 is 0 Å². The Morgan fingerprint density at radius 2 is 1.88 bits per heavy atom. The van der Waals surface area contributed by atoms with Crippen LogP contribution in [-0.2, 0) is 18.5 Å². The second-order valence-electron chi connectivity index (χ2n) is 4.99. The molecule has 0 N–H and O–H groups in total. The fraction of sp³-hybridized carbons (Fsp3) is 1.00. The molecule has 0 aromatic heterocycles. The highest BCUT2D eigenvalue weighted by Gasteiger charge is 2.25. The second-order valence-corrected chi connectivity index (χ2v) is 7.82. The van der Waals surface area contributed by atoms with Gasteiger partial charge in [0, 0.05) is 10.7 Å². The van der Waals surface area contributed by atoms with Crippen LogP contribution in [0.3, 0.4) is 0 Å². The lowest BCUT2D eigenvalue weighted by Crippen LogP contribution is -2.35. The molecule has 0 spiro atoms. The Morgan fingerprint density at radius 3 is 2.35 bits per heavy atom. The smallest absolute Gasteiger partial charge is 0.232 e. The zero-order chi connectivity index (χ0) is 13.1. The van der Waals surface area contributed by atoms with Gasteiger partial charge in [-0.15, -0.1) is 0 Å². The molecule has 4 nitrogen and oxygen atoms in total. The third kappa shape index (κ3) is 6.60. The number of ether oxygens (including phenoxy) is 2. The van der Waals surface area contributed by atoms with Crippen LogP contribution in [0.25, 0.3) is 0 Å². The van der Waals surface area contributed by atoms with Crippen molar-refractivity contribution >= 4 is 19.7 Å². The molecule has 1 fully saturated rings. The standard InChI is InChI=1S/C11H21ClO4S/c1-8(7-17(12,13)14)6-15-11-4-9(2)16-10(3)5-11/h8-11H,4-7H2,1-3H3. The van der Waals surface area contributed by atoms with Gasteiger partial charge in [-0.25, -0.2) is 8.42 Å². The molecule has 0 saturated carbocycles. The van der Waals surface area contributed by atoms with E-state index < -0.39 is 9.05 Å². The summed E-state index contributed by atoms with van der Waals surface area (Å²) >= 11 is 0. The molecule has 17 heavy (non-hydrogen) atoms. The summed E-state index contributed by atoms with van der Waals surface area (Å²) in [5.41, 5.74) is 0. The lowest BCUT2D eigenvalue weighted by molar-refractivity contribution is -0.105. The van der Waals surface area contributed by atoms with E-state index in [1.807, 2.05) is 20.8 Å². The lowest BCUT2D eigenvalue weighted by Gasteiger charge is -2.32. The van der Waals surface area contributed by atoms with Gasteiger partial charge >= 0.3 is 0 Å². The Hall–Kier alpha value is 0.160. The van der Waals surface area contributed by atoms with E-state index in [1.54, 1.807) is 0 Å². The molecule has 0 aliphatic carbocycles. The molecule has 1 aliphatic heterocycles. The highest BCUT2D eigenvalue weighted by molar-refractivity contribution is 8.13. The average molecular weight is 285 g/mol. The molecule has 1 heterocycles. The molecule has 1 aliphatic rings. The van der Waals surface area contributed by atoms with Crippen LogP contribution in [0.2, 0.25) is 0 Å². The molecular formula is C11H21ClO4S. The van der Waals surface area contributed by atoms with Crippen LogP contribution in [0.1, 0.15) is 33.6 Å². The largest absolute Gasteiger partial charge is 0.378 e. The number of halogens is 1. The summed E-state index contributed by atoms with van der Waals surface area (Å²) in [6.07, 6.45) is 2.30. The van der Waals surface area contributed by atoms with Crippen LogP contribution in [0.5, 0.6) is 0 Å². The van der Waals surface area contributed by atoms with Gasteiger partial charge in [-0.3, -0.25) is 0 Å². The maximum Gasteiger partial charge on any atom is 0.232 e. The van der Waals surface area contributed by atoms with Crippen LogP contribution >= 0.6 is 10.7 Å². The van der Waals surface area contributed by atoms with Gasteiger partial charge in [0.15, 0.2) is 0 Å². The highest BCUT2D eigenvalue weighted by atomic mass is 35.7. The predicted octanol–water partition coefficient (Wildman–Crippen LogP) is 2.16. The van der Waals surface area contributed by atoms with Gasteiger partial charge in [-0.2, -0.15) is 0 Å². The normalized spacial score (nSPS) is 32.4. The third-order valence-electron chi connectivity index (χ3n) is 2.75. The SMILES string of the molecule is CC(COC1CC(C)OC(C)C1)CS(=O)(=O)Cl. The molecule has 102 valence electrons. The van der Waals surface area contributed by atoms with E-state index in [-0.39, 0.29) is 30.0 Å². The van der Waals surface area contributed by atoms with Crippen molar-refractivity contribution in [1.29, 1.82) is 0 Å². The van der Waals surface area contributed by atoms with Crippen LogP contribution in [-0.4, -0.2) is 39.1 Å². The molecule has 0 aromatic carbocycles. The molecule has 3 unspecified atom stereocenters. The first-order valence-corrected chi connectivity index (χ1v) is 8.43. The first-order chi connectivity index (χ1) is 7.76. The summed E-state index contributed by atoms with van der Waals surface area (Å²) in [5, 5.41) is 0. The van der Waals surface area contributed by atoms with Crippen LogP contribution in [0.4, 0.5) is 0 Å². The molecule has 0 radical (unpaired) electrons. The zero-order valence-electron chi connectivity index (χ0n) is 10.6. The van der Waals surface area contributed by atoms with Crippen molar-refractivity contribution in [3.8, 4) is 0 Å². The minimum atomic E-state index is -3.43. The topological polar surface area (TPSA) is 52.6 Å². The molecule has 6 heteroatoms. The minimum Gasteiger partial charge on any atom is -0.378 e. The van der Waals surface area contributed by atoms with Crippen molar-refractivity contribution in [3.63, 3.8) is 0 Å². The Morgan fingerprint density at radius 1 is 1.35 bits per heavy atom. The Labute approximate surface area is 108 Å². The molecule has 0 amide bonds. The van der Waals surface area contributed by atoms with E-state index in [9.17, 15) is 8.42 Å². The van der Waals surface area contributed by atoms with Crippen molar-refractivity contribution < 1.29 is 17.9 Å². The lowest BCUT2D eigenvalue weighted by atomic mass is 10.0. The van der Waals surface area contributed by atoms with Gasteiger partial charge in [0.25, 0.3) is 0 Å². The average Bonchev–Trinajstić information content (AvgIpc) is 2.10. The Balaban J connectivity index is 2.30. The van der Waals surface area contributed by atoms with E-state index in [2.05, 4.69) is 0 Å². The molecule has 0 bridgehead atoms. The number of rotatable bonds is 5. The Kier molecular flexibility index (Phi) is 5.70. The number of hydrogen-bond donors (Lipinski definition) is 0. The van der Waals surface area contributed by atoms with Crippen molar-refractivity contribution in [1.82, 2.24) is 0 Å². The van der Waals surface area contributed by atoms with E-state index in [1.165, 1.54) is 0 Å². The molecule has 0 aromatic rings. The van der Waals surface area contributed by atoms with Crippen molar-refractivity contribution in [2.75, 3.05) is 12.4 Å². The fourth-order valence-electron chi connectivity index (χ4n) is 2.17. The first-order valence-electron chi connectivity index (χ1n) is 5.95. The van der Waals surface area contributed by atoms with Gasteiger partial charge in [0.2, 0.25) is 9.05 Å². The quantitative estimate of drug-likeness (QED) is 0.726. The second kappa shape index (κ2) is 6.36. The van der Waals surface area contributed by atoms with Crippen molar-refractivity contribution in [3.05, 3.63) is 0 Å². The molecule has 1 saturated heterocycles. The minimum absolute atomic E-state index is 0.0388. The van der Waals surface area contributed by atoms with Gasteiger partial charge in [-0.1, -0.05) is 6.92 Å².